The molecule has 0 spiro atoms. The summed E-state index contributed by atoms with van der Waals surface area (Å²) in [5, 5.41) is 0. The maximum atomic E-state index is 13.4. The number of rotatable bonds is 10. The molecule has 1 unspecified atom stereocenters. The van der Waals surface area contributed by atoms with Gasteiger partial charge >= 0.3 is 11.9 Å². The van der Waals surface area contributed by atoms with Crippen LogP contribution in [0.25, 0.3) is 0 Å². The van der Waals surface area contributed by atoms with Gasteiger partial charge in [0.05, 0.1) is 19.1 Å². The topological polar surface area (TPSA) is 98.8 Å². The first-order valence-electron chi connectivity index (χ1n) is 10.9. The van der Waals surface area contributed by atoms with Crippen molar-refractivity contribution in [1.29, 1.82) is 0 Å². The molecule has 0 aromatic heterocycles. The second-order valence-corrected chi connectivity index (χ2v) is 12.0. The summed E-state index contributed by atoms with van der Waals surface area (Å²) in [4.78, 5) is 27.1. The molecule has 0 heterocycles. The van der Waals surface area contributed by atoms with E-state index >= 15 is 0 Å². The van der Waals surface area contributed by atoms with Gasteiger partial charge in [-0.2, -0.15) is 0 Å². The van der Waals surface area contributed by atoms with Crippen molar-refractivity contribution in [2.24, 2.45) is 0 Å². The van der Waals surface area contributed by atoms with Crippen LogP contribution < -0.4 is 4.72 Å². The van der Waals surface area contributed by atoms with Crippen molar-refractivity contribution in [3.8, 4) is 0 Å². The average molecular weight is 593 g/mol. The summed E-state index contributed by atoms with van der Waals surface area (Å²) in [6.45, 7) is 1.86. The summed E-state index contributed by atoms with van der Waals surface area (Å²) in [5.74, 6) is -1.69. The fraction of sp³-hybridized carbons (Fsp3) is 0.231. The molecule has 0 aliphatic rings. The normalized spacial score (nSPS) is 12.6. The van der Waals surface area contributed by atoms with Crippen LogP contribution in [0.5, 0.6) is 0 Å². The maximum absolute atomic E-state index is 13.4. The molecule has 7 nitrogen and oxygen atoms in total. The average Bonchev–Trinajstić information content (AvgIpc) is 2.88. The number of aryl methyl sites for hydroxylation is 1. The van der Waals surface area contributed by atoms with Gasteiger partial charge in [-0.3, -0.25) is 0 Å². The standard InChI is InChI=1S/C26H26BrNO6S2/c1-18-9-15-22(16-10-18)36(31,32)28-23(19-11-13-20(27)14-12-19)17-26(24(29)33-2,25(30)34-3)35-21-7-5-4-6-8-21/h4-16,23,28H,17H2,1-3H3. The number of nitrogens with one attached hydrogen (secondary N) is 1. The molecular formula is C26H26BrNO6S2. The molecule has 0 aliphatic carbocycles. The molecule has 36 heavy (non-hydrogen) atoms. The van der Waals surface area contributed by atoms with Gasteiger partial charge < -0.3 is 9.47 Å². The zero-order valence-electron chi connectivity index (χ0n) is 19.9. The number of ether oxygens (including phenoxy) is 2. The molecule has 0 aliphatic heterocycles. The Labute approximate surface area is 223 Å². The maximum Gasteiger partial charge on any atom is 0.333 e. The summed E-state index contributed by atoms with van der Waals surface area (Å²) in [7, 11) is -1.67. The summed E-state index contributed by atoms with van der Waals surface area (Å²) in [6, 6.07) is 21.2. The summed E-state index contributed by atoms with van der Waals surface area (Å²) < 4.78 is 38.4. The van der Waals surface area contributed by atoms with Crippen LogP contribution in [-0.4, -0.2) is 39.3 Å². The van der Waals surface area contributed by atoms with Crippen molar-refractivity contribution in [2.45, 2.75) is 33.9 Å². The first kappa shape index (κ1) is 27.9. The zero-order chi connectivity index (χ0) is 26.3. The lowest BCUT2D eigenvalue weighted by molar-refractivity contribution is -0.156. The lowest BCUT2D eigenvalue weighted by atomic mass is 9.94. The Kier molecular flexibility index (Phi) is 9.35. The molecule has 190 valence electrons. The van der Waals surface area contributed by atoms with Crippen molar-refractivity contribution in [1.82, 2.24) is 4.72 Å². The fourth-order valence-electron chi connectivity index (χ4n) is 3.58. The Morgan fingerprint density at radius 1 is 0.917 bits per heavy atom. The number of benzene rings is 3. The summed E-state index contributed by atoms with van der Waals surface area (Å²) in [6.07, 6.45) is -0.265. The van der Waals surface area contributed by atoms with Crippen LogP contribution >= 0.6 is 27.7 Å². The van der Waals surface area contributed by atoms with Gasteiger partial charge in [-0.15, -0.1) is 0 Å². The molecule has 10 heteroatoms. The van der Waals surface area contributed by atoms with Gasteiger partial charge in [0, 0.05) is 21.8 Å². The Balaban J connectivity index is 2.12. The molecular weight excluding hydrogens is 566 g/mol. The first-order valence-corrected chi connectivity index (χ1v) is 14.0. The highest BCUT2D eigenvalue weighted by Crippen LogP contribution is 2.42. The van der Waals surface area contributed by atoms with E-state index in [4.69, 9.17) is 9.47 Å². The van der Waals surface area contributed by atoms with Gasteiger partial charge in [-0.25, -0.2) is 22.7 Å². The Morgan fingerprint density at radius 3 is 2.00 bits per heavy atom. The van der Waals surface area contributed by atoms with E-state index in [2.05, 4.69) is 20.7 Å². The highest BCUT2D eigenvalue weighted by atomic mass is 79.9. The SMILES string of the molecule is COC(=O)C(CC(NS(=O)(=O)c1ccc(C)cc1)c1ccc(Br)cc1)(Sc1ccccc1)C(=O)OC. The fourth-order valence-corrected chi connectivity index (χ4v) is 6.35. The number of esters is 2. The van der Waals surface area contributed by atoms with Crippen molar-refractivity contribution >= 4 is 49.7 Å². The second-order valence-electron chi connectivity index (χ2n) is 7.97. The minimum absolute atomic E-state index is 0.0626. The number of carbonyl (C=O) groups excluding carboxylic acids is 2. The quantitative estimate of drug-likeness (QED) is 0.200. The van der Waals surface area contributed by atoms with Gasteiger partial charge in [-0.05, 0) is 48.9 Å². The van der Waals surface area contributed by atoms with E-state index in [-0.39, 0.29) is 11.3 Å². The van der Waals surface area contributed by atoms with E-state index in [0.717, 1.165) is 21.8 Å². The number of carbonyl (C=O) groups is 2. The number of halogens is 1. The number of thioether (sulfide) groups is 1. The molecule has 3 rings (SSSR count). The molecule has 1 N–H and O–H groups in total. The third-order valence-corrected chi connectivity index (χ3v) is 8.83. The van der Waals surface area contributed by atoms with E-state index < -0.39 is 32.8 Å². The molecule has 0 fully saturated rings. The first-order chi connectivity index (χ1) is 17.1. The number of methoxy groups -OCH3 is 2. The van der Waals surface area contributed by atoms with Crippen molar-refractivity contribution in [2.75, 3.05) is 14.2 Å². The number of hydrogen-bond donors (Lipinski definition) is 1. The third kappa shape index (κ3) is 6.56. The van der Waals surface area contributed by atoms with Crippen LogP contribution in [0, 0.1) is 6.92 Å². The predicted molar refractivity (Wildman–Crippen MR) is 142 cm³/mol. The summed E-state index contributed by atoms with van der Waals surface area (Å²) in [5.41, 5.74) is 1.47. The van der Waals surface area contributed by atoms with Crippen LogP contribution in [0.4, 0.5) is 0 Å². The number of sulfonamides is 1. The van der Waals surface area contributed by atoms with E-state index in [0.29, 0.717) is 10.5 Å². The lowest BCUT2D eigenvalue weighted by Crippen LogP contribution is -2.48. The van der Waals surface area contributed by atoms with Gasteiger partial charge in [-0.1, -0.05) is 75.7 Å². The van der Waals surface area contributed by atoms with Crippen molar-refractivity contribution in [3.05, 3.63) is 94.5 Å². The molecule has 3 aromatic rings. The molecule has 0 bridgehead atoms. The van der Waals surface area contributed by atoms with Crippen LogP contribution in [-0.2, 0) is 29.1 Å². The predicted octanol–water partition coefficient (Wildman–Crippen LogP) is 5.04. The molecule has 1 atom stereocenters. The Hall–Kier alpha value is -2.66. The highest BCUT2D eigenvalue weighted by Gasteiger charge is 2.52. The largest absolute Gasteiger partial charge is 0.468 e. The third-order valence-electron chi connectivity index (χ3n) is 5.46. The van der Waals surface area contributed by atoms with Gasteiger partial charge in [0.1, 0.15) is 0 Å². The van der Waals surface area contributed by atoms with Crippen LogP contribution in [0.1, 0.15) is 23.6 Å². The Morgan fingerprint density at radius 2 is 1.47 bits per heavy atom. The van der Waals surface area contributed by atoms with Crippen LogP contribution in [0.2, 0.25) is 0 Å². The van der Waals surface area contributed by atoms with Gasteiger partial charge in [0.15, 0.2) is 0 Å². The highest BCUT2D eigenvalue weighted by molar-refractivity contribution is 9.10. The zero-order valence-corrected chi connectivity index (χ0v) is 23.2. The van der Waals surface area contributed by atoms with E-state index in [1.54, 1.807) is 60.7 Å². The molecule has 0 saturated heterocycles. The van der Waals surface area contributed by atoms with Gasteiger partial charge in [0.2, 0.25) is 14.8 Å². The second kappa shape index (κ2) is 12.1. The van der Waals surface area contributed by atoms with Crippen LogP contribution in [0.3, 0.4) is 0 Å². The summed E-state index contributed by atoms with van der Waals surface area (Å²) >= 11 is 4.34. The van der Waals surface area contributed by atoms with Gasteiger partial charge in [0.25, 0.3) is 0 Å². The van der Waals surface area contributed by atoms with E-state index in [1.165, 1.54) is 26.4 Å². The minimum atomic E-state index is -4.02. The van der Waals surface area contributed by atoms with Crippen molar-refractivity contribution in [3.63, 3.8) is 0 Å². The van der Waals surface area contributed by atoms with Crippen LogP contribution in [0.15, 0.2) is 93.1 Å². The molecule has 0 saturated carbocycles. The smallest absolute Gasteiger partial charge is 0.333 e. The monoisotopic (exact) mass is 591 g/mol. The number of hydrogen-bond acceptors (Lipinski definition) is 7. The minimum Gasteiger partial charge on any atom is -0.468 e. The molecule has 0 radical (unpaired) electrons. The lowest BCUT2D eigenvalue weighted by Gasteiger charge is -2.32. The van der Waals surface area contributed by atoms with E-state index in [9.17, 15) is 18.0 Å². The van der Waals surface area contributed by atoms with Crippen molar-refractivity contribution < 1.29 is 27.5 Å². The molecule has 0 amide bonds. The van der Waals surface area contributed by atoms with E-state index in [1.807, 2.05) is 13.0 Å². The Bertz CT molecular complexity index is 1280. The molecule has 3 aromatic carbocycles.